The highest BCUT2D eigenvalue weighted by Crippen LogP contribution is 2.18. The minimum Gasteiger partial charge on any atom is -0.338 e. The molecular formula is C10H10BrN3O. The van der Waals surface area contributed by atoms with Gasteiger partial charge in [-0.1, -0.05) is 21.1 Å². The molecule has 1 aromatic carbocycles. The lowest BCUT2D eigenvalue weighted by atomic mass is 10.2. The molecular weight excluding hydrogens is 258 g/mol. The Morgan fingerprint density at radius 1 is 1.33 bits per heavy atom. The Morgan fingerprint density at radius 2 is 2.07 bits per heavy atom. The number of nitrogens with zero attached hydrogens (tertiary/aromatic N) is 2. The van der Waals surface area contributed by atoms with Crippen LogP contribution < -0.4 is 5.32 Å². The minimum absolute atomic E-state index is 0.587. The SMILES string of the molecule is CNCc1nc(-c2ccc(Br)cc2)no1. The normalized spacial score (nSPS) is 10.5. The molecule has 2 rings (SSSR count). The highest BCUT2D eigenvalue weighted by molar-refractivity contribution is 9.10. The number of benzene rings is 1. The van der Waals surface area contributed by atoms with Gasteiger partial charge in [-0.2, -0.15) is 4.98 Å². The van der Waals surface area contributed by atoms with Crippen molar-refractivity contribution in [2.24, 2.45) is 0 Å². The van der Waals surface area contributed by atoms with Gasteiger partial charge in [-0.05, 0) is 31.3 Å². The van der Waals surface area contributed by atoms with Crippen molar-refractivity contribution in [2.45, 2.75) is 6.54 Å². The second kappa shape index (κ2) is 4.55. The number of hydrogen-bond donors (Lipinski definition) is 1. The van der Waals surface area contributed by atoms with Gasteiger partial charge in [0.1, 0.15) is 0 Å². The molecule has 4 nitrogen and oxygen atoms in total. The van der Waals surface area contributed by atoms with E-state index in [1.54, 1.807) is 0 Å². The first kappa shape index (κ1) is 10.3. The number of halogens is 1. The maximum absolute atomic E-state index is 5.05. The first-order valence-corrected chi connectivity index (χ1v) is 5.32. The molecule has 0 radical (unpaired) electrons. The molecule has 1 N–H and O–H groups in total. The van der Waals surface area contributed by atoms with Crippen molar-refractivity contribution in [2.75, 3.05) is 7.05 Å². The number of rotatable bonds is 3. The van der Waals surface area contributed by atoms with Crippen LogP contribution in [0.2, 0.25) is 0 Å². The smallest absolute Gasteiger partial charge is 0.240 e. The second-order valence-corrected chi connectivity index (χ2v) is 3.96. The van der Waals surface area contributed by atoms with Crippen molar-refractivity contribution in [1.29, 1.82) is 0 Å². The van der Waals surface area contributed by atoms with Crippen LogP contribution in [-0.4, -0.2) is 17.2 Å². The number of aromatic nitrogens is 2. The summed E-state index contributed by atoms with van der Waals surface area (Å²) in [5.41, 5.74) is 0.948. The van der Waals surface area contributed by atoms with E-state index in [1.807, 2.05) is 31.3 Å². The molecule has 0 aliphatic heterocycles. The van der Waals surface area contributed by atoms with Crippen molar-refractivity contribution in [1.82, 2.24) is 15.5 Å². The fourth-order valence-electron chi connectivity index (χ4n) is 1.19. The lowest BCUT2D eigenvalue weighted by molar-refractivity contribution is 0.372. The lowest BCUT2D eigenvalue weighted by Gasteiger charge is -1.93. The van der Waals surface area contributed by atoms with Crippen molar-refractivity contribution in [3.05, 3.63) is 34.6 Å². The summed E-state index contributed by atoms with van der Waals surface area (Å²) >= 11 is 3.37. The molecule has 0 aliphatic carbocycles. The fourth-order valence-corrected chi connectivity index (χ4v) is 1.46. The van der Waals surface area contributed by atoms with Crippen LogP contribution in [0.3, 0.4) is 0 Å². The first-order chi connectivity index (χ1) is 7.29. The van der Waals surface area contributed by atoms with Crippen LogP contribution in [0.25, 0.3) is 11.4 Å². The third kappa shape index (κ3) is 2.43. The Balaban J connectivity index is 2.25. The third-order valence-corrected chi connectivity index (χ3v) is 2.43. The molecule has 0 unspecified atom stereocenters. The number of nitrogens with one attached hydrogen (secondary N) is 1. The van der Waals surface area contributed by atoms with Crippen LogP contribution in [-0.2, 0) is 6.54 Å². The zero-order valence-electron chi connectivity index (χ0n) is 8.20. The Bertz CT molecular complexity index is 438. The van der Waals surface area contributed by atoms with Gasteiger partial charge >= 0.3 is 0 Å². The number of hydrogen-bond acceptors (Lipinski definition) is 4. The van der Waals surface area contributed by atoms with Gasteiger partial charge < -0.3 is 9.84 Å². The lowest BCUT2D eigenvalue weighted by Crippen LogP contribution is -2.04. The van der Waals surface area contributed by atoms with Crippen molar-refractivity contribution < 1.29 is 4.52 Å². The molecule has 0 saturated heterocycles. The van der Waals surface area contributed by atoms with Crippen LogP contribution in [0.1, 0.15) is 5.89 Å². The summed E-state index contributed by atoms with van der Waals surface area (Å²) in [7, 11) is 1.84. The van der Waals surface area contributed by atoms with E-state index in [4.69, 9.17) is 4.52 Å². The Labute approximate surface area is 95.8 Å². The third-order valence-electron chi connectivity index (χ3n) is 1.90. The summed E-state index contributed by atoms with van der Waals surface area (Å²) < 4.78 is 6.09. The van der Waals surface area contributed by atoms with Gasteiger partial charge in [0.2, 0.25) is 11.7 Å². The second-order valence-electron chi connectivity index (χ2n) is 3.05. The zero-order valence-corrected chi connectivity index (χ0v) is 9.78. The highest BCUT2D eigenvalue weighted by Gasteiger charge is 2.06. The molecule has 1 aromatic heterocycles. The van der Waals surface area contributed by atoms with Gasteiger partial charge in [0.25, 0.3) is 0 Å². The van der Waals surface area contributed by atoms with Gasteiger partial charge in [0.15, 0.2) is 0 Å². The average Bonchev–Trinajstić information content (AvgIpc) is 2.68. The van der Waals surface area contributed by atoms with Gasteiger partial charge in [0, 0.05) is 10.0 Å². The summed E-state index contributed by atoms with van der Waals surface area (Å²) in [6.07, 6.45) is 0. The van der Waals surface area contributed by atoms with Crippen LogP contribution >= 0.6 is 15.9 Å². The van der Waals surface area contributed by atoms with E-state index in [-0.39, 0.29) is 0 Å². The summed E-state index contributed by atoms with van der Waals surface area (Å²) in [4.78, 5) is 4.24. The molecule has 15 heavy (non-hydrogen) atoms. The van der Waals surface area contributed by atoms with Crippen LogP contribution in [0.5, 0.6) is 0 Å². The van der Waals surface area contributed by atoms with E-state index in [2.05, 4.69) is 31.4 Å². The predicted octanol–water partition coefficient (Wildman–Crippen LogP) is 2.22. The molecule has 0 bridgehead atoms. The average molecular weight is 268 g/mol. The van der Waals surface area contributed by atoms with Crippen molar-refractivity contribution >= 4 is 15.9 Å². The topological polar surface area (TPSA) is 51.0 Å². The van der Waals surface area contributed by atoms with E-state index in [0.29, 0.717) is 18.3 Å². The minimum atomic E-state index is 0.587. The van der Waals surface area contributed by atoms with Crippen molar-refractivity contribution in [3.63, 3.8) is 0 Å². The maximum Gasteiger partial charge on any atom is 0.240 e. The van der Waals surface area contributed by atoms with E-state index in [1.165, 1.54) is 0 Å². The maximum atomic E-state index is 5.05. The molecule has 2 aromatic rings. The highest BCUT2D eigenvalue weighted by atomic mass is 79.9. The van der Waals surface area contributed by atoms with Crippen LogP contribution in [0.15, 0.2) is 33.3 Å². The van der Waals surface area contributed by atoms with Gasteiger partial charge in [-0.3, -0.25) is 0 Å². The largest absolute Gasteiger partial charge is 0.338 e. The van der Waals surface area contributed by atoms with Crippen molar-refractivity contribution in [3.8, 4) is 11.4 Å². The van der Waals surface area contributed by atoms with Crippen LogP contribution in [0.4, 0.5) is 0 Å². The summed E-state index contributed by atoms with van der Waals surface area (Å²) in [5, 5.41) is 6.85. The van der Waals surface area contributed by atoms with E-state index in [9.17, 15) is 0 Å². The van der Waals surface area contributed by atoms with E-state index in [0.717, 1.165) is 10.0 Å². The Hall–Kier alpha value is -1.20. The zero-order chi connectivity index (χ0) is 10.7. The summed E-state index contributed by atoms with van der Waals surface area (Å²) in [5.74, 6) is 1.21. The summed E-state index contributed by atoms with van der Waals surface area (Å²) in [6, 6.07) is 7.78. The van der Waals surface area contributed by atoms with Gasteiger partial charge in [-0.15, -0.1) is 0 Å². The fraction of sp³-hybridized carbons (Fsp3) is 0.200. The molecule has 1 heterocycles. The predicted molar refractivity (Wildman–Crippen MR) is 60.2 cm³/mol. The summed E-state index contributed by atoms with van der Waals surface area (Å²) in [6.45, 7) is 0.587. The Kier molecular flexibility index (Phi) is 3.13. The molecule has 0 amide bonds. The van der Waals surface area contributed by atoms with Gasteiger partial charge in [-0.25, -0.2) is 0 Å². The molecule has 0 aliphatic rings. The first-order valence-electron chi connectivity index (χ1n) is 4.52. The molecule has 78 valence electrons. The standard InChI is InChI=1S/C10H10BrN3O/c1-12-6-9-13-10(14-15-9)7-2-4-8(11)5-3-7/h2-5,12H,6H2,1H3. The molecule has 0 fully saturated rings. The van der Waals surface area contributed by atoms with Crippen LogP contribution in [0, 0.1) is 0 Å². The van der Waals surface area contributed by atoms with E-state index < -0.39 is 0 Å². The quantitative estimate of drug-likeness (QED) is 0.927. The molecule has 0 atom stereocenters. The Morgan fingerprint density at radius 3 is 2.73 bits per heavy atom. The molecule has 0 saturated carbocycles. The molecule has 0 spiro atoms. The monoisotopic (exact) mass is 267 g/mol. The van der Waals surface area contributed by atoms with E-state index >= 15 is 0 Å². The molecule has 5 heteroatoms. The van der Waals surface area contributed by atoms with Gasteiger partial charge in [0.05, 0.1) is 6.54 Å².